The van der Waals surface area contributed by atoms with E-state index in [1.807, 2.05) is 95.9 Å². The first-order valence-electron chi connectivity index (χ1n) is 10.7. The van der Waals surface area contributed by atoms with Crippen LogP contribution in [-0.2, 0) is 0 Å². The van der Waals surface area contributed by atoms with Gasteiger partial charge in [0.1, 0.15) is 17.4 Å². The van der Waals surface area contributed by atoms with Crippen LogP contribution in [0.15, 0.2) is 121 Å². The van der Waals surface area contributed by atoms with Crippen LogP contribution in [0.5, 0.6) is 29.0 Å². The zero-order chi connectivity index (χ0) is 23.2. The second-order valence-electron chi connectivity index (χ2n) is 7.32. The van der Waals surface area contributed by atoms with Gasteiger partial charge in [0.05, 0.1) is 0 Å². The van der Waals surface area contributed by atoms with Gasteiger partial charge in [0.25, 0.3) is 0 Å². The van der Waals surface area contributed by atoms with E-state index in [0.717, 1.165) is 5.69 Å². The molecule has 6 heteroatoms. The summed E-state index contributed by atoms with van der Waals surface area (Å²) in [5.74, 6) is 3.12. The molecule has 0 aliphatic rings. The van der Waals surface area contributed by atoms with E-state index >= 15 is 0 Å². The van der Waals surface area contributed by atoms with Gasteiger partial charge in [-0.15, -0.1) is 0 Å². The summed E-state index contributed by atoms with van der Waals surface area (Å²) in [6.07, 6.45) is 0. The molecule has 1 N–H and O–H groups in total. The number of para-hydroxylation sites is 4. The van der Waals surface area contributed by atoms with Gasteiger partial charge in [0, 0.05) is 17.8 Å². The molecule has 5 rings (SSSR count). The quantitative estimate of drug-likeness (QED) is 0.284. The van der Waals surface area contributed by atoms with Crippen molar-refractivity contribution in [2.45, 2.75) is 0 Å². The van der Waals surface area contributed by atoms with E-state index in [2.05, 4.69) is 4.98 Å². The molecule has 0 saturated heterocycles. The Hall–Kier alpha value is -4.84. The Morgan fingerprint density at radius 2 is 1.09 bits per heavy atom. The number of nitrogens with zero attached hydrogens (tertiary/aromatic N) is 3. The molecule has 0 saturated carbocycles. The van der Waals surface area contributed by atoms with Crippen LogP contribution in [0, 0.1) is 0 Å². The summed E-state index contributed by atoms with van der Waals surface area (Å²) in [6, 6.07) is 37.2. The summed E-state index contributed by atoms with van der Waals surface area (Å²) >= 11 is 0. The number of rotatable bonds is 7. The highest BCUT2D eigenvalue weighted by atomic mass is 16.5. The number of aromatic hydroxyl groups is 1. The number of benzene rings is 3. The SMILES string of the molecule is Oc1ccccc1Oc1cccc(N(c2ccccc2)c2cccc(Oc3ccccc3)n2)n1. The maximum atomic E-state index is 10.1. The summed E-state index contributed by atoms with van der Waals surface area (Å²) in [6.45, 7) is 0. The maximum Gasteiger partial charge on any atom is 0.221 e. The van der Waals surface area contributed by atoms with Gasteiger partial charge in [-0.2, -0.15) is 9.97 Å². The van der Waals surface area contributed by atoms with Crippen molar-refractivity contribution in [3.05, 3.63) is 121 Å². The van der Waals surface area contributed by atoms with Gasteiger partial charge in [-0.25, -0.2) is 0 Å². The van der Waals surface area contributed by atoms with E-state index in [1.165, 1.54) is 0 Å². The largest absolute Gasteiger partial charge is 0.504 e. The number of phenols is 1. The molecule has 2 aromatic heterocycles. The van der Waals surface area contributed by atoms with E-state index in [4.69, 9.17) is 14.5 Å². The summed E-state index contributed by atoms with van der Waals surface area (Å²) in [7, 11) is 0. The molecule has 0 aliphatic carbocycles. The lowest BCUT2D eigenvalue weighted by molar-refractivity contribution is 0.403. The number of phenolic OH excluding ortho intramolecular Hbond substituents is 1. The molecule has 0 fully saturated rings. The standard InChI is InChI=1S/C28H21N3O3/c32-23-15-7-8-16-24(23)34-28-20-10-18-26(30-28)31(21-11-3-1-4-12-21)25-17-9-19-27(29-25)33-22-13-5-2-6-14-22/h1-20,32H. The third kappa shape index (κ3) is 4.81. The highest BCUT2D eigenvalue weighted by molar-refractivity contribution is 5.72. The van der Waals surface area contributed by atoms with Crippen LogP contribution in [0.25, 0.3) is 0 Å². The molecule has 2 heterocycles. The number of ether oxygens (including phenoxy) is 2. The third-order valence-corrected chi connectivity index (χ3v) is 4.94. The Labute approximate surface area is 197 Å². The second kappa shape index (κ2) is 9.75. The van der Waals surface area contributed by atoms with Crippen molar-refractivity contribution < 1.29 is 14.6 Å². The Morgan fingerprint density at radius 3 is 1.74 bits per heavy atom. The first-order chi connectivity index (χ1) is 16.8. The molecule has 0 radical (unpaired) electrons. The van der Waals surface area contributed by atoms with E-state index in [-0.39, 0.29) is 5.75 Å². The number of pyridine rings is 2. The van der Waals surface area contributed by atoms with Crippen LogP contribution in [0.1, 0.15) is 0 Å². The van der Waals surface area contributed by atoms with Crippen molar-refractivity contribution in [3.63, 3.8) is 0 Å². The first kappa shape index (κ1) is 21.0. The predicted octanol–water partition coefficient (Wildman–Crippen LogP) is 7.24. The lowest BCUT2D eigenvalue weighted by Crippen LogP contribution is -2.13. The lowest BCUT2D eigenvalue weighted by atomic mass is 10.2. The van der Waals surface area contributed by atoms with Gasteiger partial charge in [-0.3, -0.25) is 4.90 Å². The Balaban J connectivity index is 1.52. The Kier molecular flexibility index (Phi) is 6.03. The zero-order valence-corrected chi connectivity index (χ0v) is 18.2. The molecule has 6 nitrogen and oxygen atoms in total. The first-order valence-corrected chi connectivity index (χ1v) is 10.7. The third-order valence-electron chi connectivity index (χ3n) is 4.94. The average molecular weight is 447 g/mol. The van der Waals surface area contributed by atoms with Crippen LogP contribution in [-0.4, -0.2) is 15.1 Å². The average Bonchev–Trinajstić information content (AvgIpc) is 2.88. The molecule has 0 atom stereocenters. The molecule has 0 amide bonds. The van der Waals surface area contributed by atoms with Crippen LogP contribution < -0.4 is 14.4 Å². The Morgan fingerprint density at radius 1 is 0.529 bits per heavy atom. The van der Waals surface area contributed by atoms with E-state index in [0.29, 0.717) is 34.9 Å². The van der Waals surface area contributed by atoms with Gasteiger partial charge in [-0.1, -0.05) is 60.7 Å². The minimum atomic E-state index is 0.0436. The summed E-state index contributed by atoms with van der Waals surface area (Å²) < 4.78 is 11.8. The van der Waals surface area contributed by atoms with Crippen LogP contribution in [0.2, 0.25) is 0 Å². The molecule has 3 aromatic carbocycles. The smallest absolute Gasteiger partial charge is 0.221 e. The van der Waals surface area contributed by atoms with Crippen molar-refractivity contribution >= 4 is 17.3 Å². The number of hydrogen-bond acceptors (Lipinski definition) is 6. The van der Waals surface area contributed by atoms with E-state index in [9.17, 15) is 5.11 Å². The molecule has 0 spiro atoms. The van der Waals surface area contributed by atoms with Crippen molar-refractivity contribution in [1.29, 1.82) is 0 Å². The molecule has 0 aliphatic heterocycles. The minimum Gasteiger partial charge on any atom is -0.504 e. The molecular weight excluding hydrogens is 426 g/mol. The molecular formula is C28H21N3O3. The highest BCUT2D eigenvalue weighted by Crippen LogP contribution is 2.35. The highest BCUT2D eigenvalue weighted by Gasteiger charge is 2.17. The number of hydrogen-bond donors (Lipinski definition) is 1. The molecule has 166 valence electrons. The van der Waals surface area contributed by atoms with Crippen LogP contribution >= 0.6 is 0 Å². The van der Waals surface area contributed by atoms with E-state index < -0.39 is 0 Å². The van der Waals surface area contributed by atoms with Gasteiger partial charge >= 0.3 is 0 Å². The van der Waals surface area contributed by atoms with Crippen molar-refractivity contribution in [3.8, 4) is 29.0 Å². The van der Waals surface area contributed by atoms with Gasteiger partial charge < -0.3 is 14.6 Å². The van der Waals surface area contributed by atoms with Crippen molar-refractivity contribution in [2.75, 3.05) is 4.90 Å². The predicted molar refractivity (Wildman–Crippen MR) is 131 cm³/mol. The van der Waals surface area contributed by atoms with E-state index in [1.54, 1.807) is 30.3 Å². The zero-order valence-electron chi connectivity index (χ0n) is 18.2. The van der Waals surface area contributed by atoms with Gasteiger partial charge in [-0.05, 0) is 48.5 Å². The summed E-state index contributed by atoms with van der Waals surface area (Å²) in [5, 5.41) is 10.1. The number of anilines is 3. The Bertz CT molecular complexity index is 1380. The summed E-state index contributed by atoms with van der Waals surface area (Å²) in [5.41, 5.74) is 0.874. The maximum absolute atomic E-state index is 10.1. The van der Waals surface area contributed by atoms with Gasteiger partial charge in [0.15, 0.2) is 11.5 Å². The normalized spacial score (nSPS) is 10.5. The minimum absolute atomic E-state index is 0.0436. The summed E-state index contributed by atoms with van der Waals surface area (Å²) in [4.78, 5) is 11.3. The molecule has 0 bridgehead atoms. The monoisotopic (exact) mass is 447 g/mol. The topological polar surface area (TPSA) is 67.7 Å². The van der Waals surface area contributed by atoms with Gasteiger partial charge in [0.2, 0.25) is 11.8 Å². The van der Waals surface area contributed by atoms with Crippen molar-refractivity contribution in [1.82, 2.24) is 9.97 Å². The fourth-order valence-corrected chi connectivity index (χ4v) is 3.40. The fourth-order valence-electron chi connectivity index (χ4n) is 3.40. The molecule has 34 heavy (non-hydrogen) atoms. The van der Waals surface area contributed by atoms with Crippen LogP contribution in [0.4, 0.5) is 17.3 Å². The fraction of sp³-hybridized carbons (Fsp3) is 0. The van der Waals surface area contributed by atoms with Crippen LogP contribution in [0.3, 0.4) is 0 Å². The molecule has 0 unspecified atom stereocenters. The lowest BCUT2D eigenvalue weighted by Gasteiger charge is -2.23. The van der Waals surface area contributed by atoms with Crippen molar-refractivity contribution in [2.24, 2.45) is 0 Å². The molecule has 5 aromatic rings. The number of aromatic nitrogens is 2. The second-order valence-corrected chi connectivity index (χ2v) is 7.32.